The van der Waals surface area contributed by atoms with Crippen LogP contribution in [0.15, 0.2) is 30.6 Å². The molecule has 0 saturated carbocycles. The number of nitrogens with one attached hydrogen (secondary N) is 1. The van der Waals surface area contributed by atoms with Crippen molar-refractivity contribution < 1.29 is 14.6 Å². The summed E-state index contributed by atoms with van der Waals surface area (Å²) in [5, 5.41) is 19.9. The predicted octanol–water partition coefficient (Wildman–Crippen LogP) is 2.66. The molecule has 25 heavy (non-hydrogen) atoms. The van der Waals surface area contributed by atoms with Crippen molar-refractivity contribution in [3.05, 3.63) is 51.2 Å². The smallest absolute Gasteiger partial charge is 0.183 e. The van der Waals surface area contributed by atoms with Gasteiger partial charge in [0.25, 0.3) is 0 Å². The summed E-state index contributed by atoms with van der Waals surface area (Å²) in [7, 11) is 0. The van der Waals surface area contributed by atoms with Crippen molar-refractivity contribution in [1.29, 1.82) is 0 Å². The van der Waals surface area contributed by atoms with E-state index in [-0.39, 0.29) is 12.1 Å². The Morgan fingerprint density at radius 1 is 1.28 bits per heavy atom. The highest BCUT2D eigenvalue weighted by Crippen LogP contribution is 2.36. The third-order valence-electron chi connectivity index (χ3n) is 4.53. The van der Waals surface area contributed by atoms with Crippen molar-refractivity contribution in [2.75, 3.05) is 6.61 Å². The molecule has 134 valence electrons. The number of rotatable bonds is 4. The number of aromatic nitrogens is 2. The Morgan fingerprint density at radius 2 is 2.12 bits per heavy atom. The molecule has 4 rings (SSSR count). The lowest BCUT2D eigenvalue weighted by Crippen LogP contribution is -2.57. The van der Waals surface area contributed by atoms with Crippen LogP contribution in [0.3, 0.4) is 0 Å². The summed E-state index contributed by atoms with van der Waals surface area (Å²) >= 11 is 17.9. The molecule has 0 unspecified atom stereocenters. The first kappa shape index (κ1) is 17.5. The Balaban J connectivity index is 1.51. The molecule has 2 N–H and O–H groups in total. The minimum atomic E-state index is -0.745. The van der Waals surface area contributed by atoms with E-state index < -0.39 is 18.4 Å². The summed E-state index contributed by atoms with van der Waals surface area (Å²) in [4.78, 5) is 0. The Hall–Kier alpha value is -0.860. The molecule has 2 aromatic rings. The number of benzene rings is 1. The van der Waals surface area contributed by atoms with Crippen LogP contribution in [0.25, 0.3) is 0 Å². The van der Waals surface area contributed by atoms with E-state index in [1.165, 1.54) is 6.20 Å². The van der Waals surface area contributed by atoms with Gasteiger partial charge < -0.3 is 19.9 Å². The van der Waals surface area contributed by atoms with E-state index in [0.29, 0.717) is 28.2 Å². The molecule has 2 aliphatic heterocycles. The van der Waals surface area contributed by atoms with Crippen LogP contribution in [0.4, 0.5) is 0 Å². The van der Waals surface area contributed by atoms with Crippen molar-refractivity contribution in [2.24, 2.45) is 0 Å². The van der Waals surface area contributed by atoms with E-state index in [9.17, 15) is 5.11 Å². The standard InChI is InChI=1S/C16H16Cl3N3O3/c17-9-5-21-22(6-9)14-15(23)13(12-7-24-16(14)25-12)20-4-8-1-2-10(18)11(19)3-8/h1-3,5-6,12-16,20,23H,4,7H2/t12-,13-,14-,15+,16-/m1/s1. The Bertz CT molecular complexity index is 772. The minimum Gasteiger partial charge on any atom is -0.389 e. The van der Waals surface area contributed by atoms with E-state index in [1.54, 1.807) is 23.0 Å². The first-order valence-corrected chi connectivity index (χ1v) is 8.98. The number of nitrogens with zero attached hydrogens (tertiary/aromatic N) is 2. The highest BCUT2D eigenvalue weighted by atomic mass is 35.5. The number of fused-ring (bicyclic) bond motifs is 2. The van der Waals surface area contributed by atoms with Gasteiger partial charge in [0.1, 0.15) is 12.1 Å². The molecule has 0 aliphatic carbocycles. The maximum absolute atomic E-state index is 10.9. The van der Waals surface area contributed by atoms with Crippen LogP contribution in [0, 0.1) is 0 Å². The zero-order valence-electron chi connectivity index (χ0n) is 13.0. The molecule has 6 nitrogen and oxygen atoms in total. The normalized spacial score (nSPS) is 31.4. The molecule has 2 saturated heterocycles. The van der Waals surface area contributed by atoms with Gasteiger partial charge in [-0.15, -0.1) is 0 Å². The van der Waals surface area contributed by atoms with Gasteiger partial charge >= 0.3 is 0 Å². The molecule has 2 aliphatic rings. The van der Waals surface area contributed by atoms with Crippen molar-refractivity contribution in [1.82, 2.24) is 15.1 Å². The van der Waals surface area contributed by atoms with Crippen molar-refractivity contribution >= 4 is 34.8 Å². The number of hydrogen-bond donors (Lipinski definition) is 2. The maximum atomic E-state index is 10.9. The first-order valence-electron chi connectivity index (χ1n) is 7.85. The SMILES string of the molecule is O[C@H]1[C@H](NCc2ccc(Cl)c(Cl)c2)[C@H]2CO[C@H](O2)[C@@H]1n1cc(Cl)cn1. The zero-order chi connectivity index (χ0) is 17.6. The van der Waals surface area contributed by atoms with Crippen LogP contribution in [0.2, 0.25) is 15.1 Å². The first-order chi connectivity index (χ1) is 12.0. The molecule has 9 heteroatoms. The average molecular weight is 405 g/mol. The molecular formula is C16H16Cl3N3O3. The molecule has 1 aromatic heterocycles. The van der Waals surface area contributed by atoms with Gasteiger partial charge in [0.05, 0.1) is 40.0 Å². The molecule has 2 bridgehead atoms. The minimum absolute atomic E-state index is 0.231. The van der Waals surface area contributed by atoms with Crippen LogP contribution in [0.1, 0.15) is 11.6 Å². The lowest BCUT2D eigenvalue weighted by Gasteiger charge is -2.38. The van der Waals surface area contributed by atoms with Crippen LogP contribution in [-0.2, 0) is 16.0 Å². The fourth-order valence-corrected chi connectivity index (χ4v) is 3.76. The van der Waals surface area contributed by atoms with E-state index >= 15 is 0 Å². The summed E-state index contributed by atoms with van der Waals surface area (Å²) in [5.41, 5.74) is 0.960. The highest BCUT2D eigenvalue weighted by molar-refractivity contribution is 6.42. The van der Waals surface area contributed by atoms with E-state index in [1.807, 2.05) is 6.07 Å². The molecular weight excluding hydrogens is 389 g/mol. The zero-order valence-corrected chi connectivity index (χ0v) is 15.2. The lowest BCUT2D eigenvalue weighted by molar-refractivity contribution is -0.168. The van der Waals surface area contributed by atoms with E-state index in [4.69, 9.17) is 44.3 Å². The van der Waals surface area contributed by atoms with Gasteiger partial charge in [-0.3, -0.25) is 4.68 Å². The van der Waals surface area contributed by atoms with Crippen molar-refractivity contribution in [2.45, 2.75) is 37.1 Å². The van der Waals surface area contributed by atoms with Crippen LogP contribution in [-0.4, -0.2) is 46.0 Å². The van der Waals surface area contributed by atoms with Crippen molar-refractivity contribution in [3.8, 4) is 0 Å². The number of hydrogen-bond acceptors (Lipinski definition) is 5. The molecule has 0 spiro atoms. The molecule has 1 aromatic carbocycles. The largest absolute Gasteiger partial charge is 0.389 e. The van der Waals surface area contributed by atoms with Gasteiger partial charge in [-0.25, -0.2) is 0 Å². The summed E-state index contributed by atoms with van der Waals surface area (Å²) in [6.45, 7) is 0.919. The van der Waals surface area contributed by atoms with Gasteiger partial charge in [-0.2, -0.15) is 5.10 Å². The summed E-state index contributed by atoms with van der Waals surface area (Å²) in [6.07, 6.45) is 1.65. The number of halogens is 3. The predicted molar refractivity (Wildman–Crippen MR) is 94.0 cm³/mol. The van der Waals surface area contributed by atoms with Gasteiger partial charge in [-0.1, -0.05) is 40.9 Å². The van der Waals surface area contributed by atoms with Crippen molar-refractivity contribution in [3.63, 3.8) is 0 Å². The molecule has 0 amide bonds. The third kappa shape index (κ3) is 3.40. The van der Waals surface area contributed by atoms with E-state index in [2.05, 4.69) is 10.4 Å². The topological polar surface area (TPSA) is 68.5 Å². The number of ether oxygens (including phenoxy) is 2. The van der Waals surface area contributed by atoms with Gasteiger partial charge in [0, 0.05) is 12.7 Å². The Labute approximate surface area is 159 Å². The fraction of sp³-hybridized carbons (Fsp3) is 0.438. The molecule has 2 fully saturated rings. The number of aliphatic hydroxyl groups excluding tert-OH is 1. The summed E-state index contributed by atoms with van der Waals surface area (Å²) in [6, 6.07) is 4.64. The van der Waals surface area contributed by atoms with Gasteiger partial charge in [0.15, 0.2) is 6.29 Å². The monoisotopic (exact) mass is 403 g/mol. The van der Waals surface area contributed by atoms with Crippen LogP contribution < -0.4 is 5.32 Å². The number of aliphatic hydroxyl groups is 1. The van der Waals surface area contributed by atoms with E-state index in [0.717, 1.165) is 5.56 Å². The van der Waals surface area contributed by atoms with Crippen LogP contribution in [0.5, 0.6) is 0 Å². The highest BCUT2D eigenvalue weighted by Gasteiger charge is 2.51. The average Bonchev–Trinajstić information content (AvgIpc) is 3.19. The van der Waals surface area contributed by atoms with Gasteiger partial charge in [-0.05, 0) is 17.7 Å². The Kier molecular flexibility index (Phi) is 4.94. The second-order valence-corrected chi connectivity index (χ2v) is 7.40. The second-order valence-electron chi connectivity index (χ2n) is 6.15. The maximum Gasteiger partial charge on any atom is 0.183 e. The lowest BCUT2D eigenvalue weighted by atomic mass is 9.96. The molecule has 0 radical (unpaired) electrons. The van der Waals surface area contributed by atoms with Crippen LogP contribution >= 0.6 is 34.8 Å². The molecule has 5 atom stereocenters. The quantitative estimate of drug-likeness (QED) is 0.820. The fourth-order valence-electron chi connectivity index (χ4n) is 3.30. The Morgan fingerprint density at radius 3 is 2.84 bits per heavy atom. The third-order valence-corrected chi connectivity index (χ3v) is 5.47. The summed E-state index contributed by atoms with van der Waals surface area (Å²) < 4.78 is 13.2. The second kappa shape index (κ2) is 7.04. The molecule has 3 heterocycles. The summed E-state index contributed by atoms with van der Waals surface area (Å²) in [5.74, 6) is 0. The van der Waals surface area contributed by atoms with Gasteiger partial charge in [0.2, 0.25) is 0 Å².